The Morgan fingerprint density at radius 2 is 1.91 bits per heavy atom. The van der Waals surface area contributed by atoms with E-state index in [2.05, 4.69) is 25.5 Å². The number of morpholine rings is 1. The third-order valence-electron chi connectivity index (χ3n) is 5.83. The van der Waals surface area contributed by atoms with E-state index in [1.54, 1.807) is 30.8 Å². The third-order valence-corrected chi connectivity index (χ3v) is 6.44. The van der Waals surface area contributed by atoms with E-state index in [9.17, 15) is 8.60 Å². The zero-order valence-corrected chi connectivity index (χ0v) is 19.5. The first kappa shape index (κ1) is 21.9. The summed E-state index contributed by atoms with van der Waals surface area (Å²) >= 11 is 0. The number of benzene rings is 2. The Kier molecular flexibility index (Phi) is 5.86. The van der Waals surface area contributed by atoms with Crippen LogP contribution in [0.25, 0.3) is 32.8 Å². The zero-order chi connectivity index (χ0) is 23.0. The van der Waals surface area contributed by atoms with E-state index in [-0.39, 0.29) is 5.82 Å². The molecule has 0 bridgehead atoms. The van der Waals surface area contributed by atoms with Crippen molar-refractivity contribution in [3.63, 3.8) is 0 Å². The van der Waals surface area contributed by atoms with Crippen LogP contribution in [0, 0.1) is 5.82 Å². The molecule has 0 atom stereocenters. The van der Waals surface area contributed by atoms with Gasteiger partial charge in [-0.25, -0.2) is 13.6 Å². The van der Waals surface area contributed by atoms with Gasteiger partial charge in [-0.1, -0.05) is 12.1 Å². The molecule has 1 aliphatic rings. The lowest BCUT2D eigenvalue weighted by Gasteiger charge is -2.27. The number of fused-ring (bicyclic) bond motifs is 2. The molecule has 9 heteroatoms. The van der Waals surface area contributed by atoms with Crippen molar-refractivity contribution in [3.8, 4) is 11.1 Å². The second-order valence-electron chi connectivity index (χ2n) is 8.60. The largest absolute Gasteiger partial charge is 0.379 e. The first-order valence-electron chi connectivity index (χ1n) is 10.9. The fourth-order valence-corrected chi connectivity index (χ4v) is 4.82. The SMILES string of the molecule is CS(C)(=O)=Nc1nc(CCN2CCOCC2)c(-c2ccc(F)cc2)c2cc3cn[nH]c3cc12. The van der Waals surface area contributed by atoms with Gasteiger partial charge in [0.15, 0.2) is 5.82 Å². The van der Waals surface area contributed by atoms with Crippen molar-refractivity contribution < 1.29 is 13.3 Å². The van der Waals surface area contributed by atoms with Crippen molar-refractivity contribution in [1.29, 1.82) is 0 Å². The standard InChI is InChI=1S/C24H26FN5O2S/c1-33(2,31)29-24-20-14-22-17(15-26-28-22)13-19(20)23(16-3-5-18(25)6-4-16)21(27-24)7-8-30-9-11-32-12-10-30/h3-6,13-15H,7-12H2,1-2H3,(H,26,28). The van der Waals surface area contributed by atoms with E-state index in [0.717, 1.165) is 71.3 Å². The molecule has 1 fully saturated rings. The molecule has 7 nitrogen and oxygen atoms in total. The summed E-state index contributed by atoms with van der Waals surface area (Å²) in [5.41, 5.74) is 3.53. The number of halogens is 1. The molecule has 3 heterocycles. The van der Waals surface area contributed by atoms with Crippen LogP contribution in [0.3, 0.4) is 0 Å². The van der Waals surface area contributed by atoms with Gasteiger partial charge < -0.3 is 4.74 Å². The number of rotatable bonds is 5. The molecule has 33 heavy (non-hydrogen) atoms. The Morgan fingerprint density at radius 1 is 1.15 bits per heavy atom. The molecule has 1 aliphatic heterocycles. The highest BCUT2D eigenvalue weighted by molar-refractivity contribution is 7.92. The Hall–Kier alpha value is -2.88. The molecule has 1 N–H and O–H groups in total. The number of aromatic nitrogens is 3. The summed E-state index contributed by atoms with van der Waals surface area (Å²) in [6.07, 6.45) is 5.67. The zero-order valence-electron chi connectivity index (χ0n) is 18.7. The number of nitrogens with one attached hydrogen (secondary N) is 1. The van der Waals surface area contributed by atoms with Gasteiger partial charge in [-0.3, -0.25) is 10.00 Å². The van der Waals surface area contributed by atoms with Crippen LogP contribution in [0.2, 0.25) is 0 Å². The monoisotopic (exact) mass is 467 g/mol. The lowest BCUT2D eigenvalue weighted by Crippen LogP contribution is -2.37. The van der Waals surface area contributed by atoms with Gasteiger partial charge in [-0.05, 0) is 35.2 Å². The second-order valence-corrected chi connectivity index (χ2v) is 11.1. The minimum Gasteiger partial charge on any atom is -0.379 e. The van der Waals surface area contributed by atoms with Crippen molar-refractivity contribution >= 4 is 37.2 Å². The number of ether oxygens (including phenoxy) is 1. The van der Waals surface area contributed by atoms with Crippen LogP contribution >= 0.6 is 0 Å². The molecule has 1 saturated heterocycles. The lowest BCUT2D eigenvalue weighted by atomic mass is 9.94. The maximum Gasteiger partial charge on any atom is 0.169 e. The maximum atomic E-state index is 13.7. The van der Waals surface area contributed by atoms with E-state index in [0.29, 0.717) is 12.2 Å². The quantitative estimate of drug-likeness (QED) is 0.477. The van der Waals surface area contributed by atoms with Crippen molar-refractivity contribution in [2.24, 2.45) is 4.36 Å². The summed E-state index contributed by atoms with van der Waals surface area (Å²) in [6.45, 7) is 4.02. The molecule has 0 saturated carbocycles. The summed E-state index contributed by atoms with van der Waals surface area (Å²) in [5.74, 6) is 0.172. The van der Waals surface area contributed by atoms with Crippen molar-refractivity contribution in [1.82, 2.24) is 20.1 Å². The molecule has 0 radical (unpaired) electrons. The van der Waals surface area contributed by atoms with E-state index < -0.39 is 9.73 Å². The Bertz CT molecular complexity index is 1430. The average molecular weight is 468 g/mol. The Balaban J connectivity index is 1.75. The summed E-state index contributed by atoms with van der Waals surface area (Å²) in [7, 11) is -2.43. The molecule has 2 aromatic heterocycles. The number of nitrogens with zero attached hydrogens (tertiary/aromatic N) is 4. The molecule has 0 aliphatic carbocycles. The van der Waals surface area contributed by atoms with Crippen LogP contribution in [-0.4, -0.2) is 69.6 Å². The predicted molar refractivity (Wildman–Crippen MR) is 130 cm³/mol. The molecular formula is C24H26FN5O2S. The van der Waals surface area contributed by atoms with Crippen LogP contribution in [0.15, 0.2) is 47.0 Å². The van der Waals surface area contributed by atoms with Crippen molar-refractivity contribution in [2.45, 2.75) is 6.42 Å². The topological polar surface area (TPSA) is 83.5 Å². The van der Waals surface area contributed by atoms with Crippen LogP contribution in [0.1, 0.15) is 5.69 Å². The van der Waals surface area contributed by atoms with Gasteiger partial charge in [0.05, 0.1) is 30.6 Å². The van der Waals surface area contributed by atoms with Gasteiger partial charge in [0.25, 0.3) is 0 Å². The Morgan fingerprint density at radius 3 is 2.64 bits per heavy atom. The first-order valence-corrected chi connectivity index (χ1v) is 13.2. The number of hydrogen-bond acceptors (Lipinski definition) is 6. The highest BCUT2D eigenvalue weighted by atomic mass is 32.2. The fourth-order valence-electron chi connectivity index (χ4n) is 4.27. The predicted octanol–water partition coefficient (Wildman–Crippen LogP) is 4.15. The summed E-state index contributed by atoms with van der Waals surface area (Å²) in [4.78, 5) is 7.28. The Labute approximate surface area is 192 Å². The van der Waals surface area contributed by atoms with Gasteiger partial charge in [0.1, 0.15) is 5.82 Å². The van der Waals surface area contributed by atoms with Crippen LogP contribution in [-0.2, 0) is 20.9 Å². The van der Waals surface area contributed by atoms with Crippen LogP contribution in [0.4, 0.5) is 10.2 Å². The lowest BCUT2D eigenvalue weighted by molar-refractivity contribution is 0.0383. The fraction of sp³-hybridized carbons (Fsp3) is 0.333. The van der Waals surface area contributed by atoms with Gasteiger partial charge >= 0.3 is 0 Å². The van der Waals surface area contributed by atoms with Crippen LogP contribution in [0.5, 0.6) is 0 Å². The minimum atomic E-state index is -2.43. The smallest absolute Gasteiger partial charge is 0.169 e. The summed E-state index contributed by atoms with van der Waals surface area (Å²) in [6, 6.07) is 10.5. The number of hydrogen-bond donors (Lipinski definition) is 1. The molecule has 172 valence electrons. The average Bonchev–Trinajstić information content (AvgIpc) is 3.25. The van der Waals surface area contributed by atoms with E-state index in [4.69, 9.17) is 9.72 Å². The van der Waals surface area contributed by atoms with Gasteiger partial charge in [0, 0.05) is 64.6 Å². The number of aromatic amines is 1. The summed E-state index contributed by atoms with van der Waals surface area (Å²) < 4.78 is 36.3. The highest BCUT2D eigenvalue weighted by Crippen LogP contribution is 2.38. The third kappa shape index (κ3) is 4.75. The van der Waals surface area contributed by atoms with Gasteiger partial charge in [-0.2, -0.15) is 9.46 Å². The molecule has 0 amide bonds. The van der Waals surface area contributed by atoms with Gasteiger partial charge in [0.2, 0.25) is 0 Å². The first-order chi connectivity index (χ1) is 15.9. The normalized spacial score (nSPS) is 15.4. The second kappa shape index (κ2) is 8.81. The number of pyridine rings is 1. The molecule has 4 aromatic rings. The van der Waals surface area contributed by atoms with Crippen molar-refractivity contribution in [3.05, 3.63) is 54.1 Å². The van der Waals surface area contributed by atoms with Crippen LogP contribution < -0.4 is 0 Å². The maximum absolute atomic E-state index is 13.7. The highest BCUT2D eigenvalue weighted by Gasteiger charge is 2.19. The number of H-pyrrole nitrogens is 1. The van der Waals surface area contributed by atoms with Gasteiger partial charge in [-0.15, -0.1) is 0 Å². The molecule has 5 rings (SSSR count). The summed E-state index contributed by atoms with van der Waals surface area (Å²) in [5, 5.41) is 9.83. The molecule has 0 unspecified atom stereocenters. The van der Waals surface area contributed by atoms with E-state index >= 15 is 0 Å². The van der Waals surface area contributed by atoms with E-state index in [1.807, 2.05) is 6.07 Å². The van der Waals surface area contributed by atoms with E-state index in [1.165, 1.54) is 12.1 Å². The minimum absolute atomic E-state index is 0.286. The molecule has 0 spiro atoms. The molecule has 2 aromatic carbocycles. The molecular weight excluding hydrogens is 441 g/mol. The van der Waals surface area contributed by atoms with Crippen molar-refractivity contribution in [2.75, 3.05) is 45.4 Å².